The van der Waals surface area contributed by atoms with Crippen molar-refractivity contribution in [2.45, 2.75) is 32.2 Å². The van der Waals surface area contributed by atoms with Crippen LogP contribution >= 0.6 is 0 Å². The van der Waals surface area contributed by atoms with Gasteiger partial charge in [0.15, 0.2) is 5.79 Å². The zero-order chi connectivity index (χ0) is 9.19. The normalized spacial score (nSPS) is 27.0. The van der Waals surface area contributed by atoms with E-state index in [1.807, 2.05) is 13.8 Å². The fourth-order valence-corrected chi connectivity index (χ4v) is 1.24. The van der Waals surface area contributed by atoms with Gasteiger partial charge in [-0.3, -0.25) is 0 Å². The van der Waals surface area contributed by atoms with E-state index < -0.39 is 5.79 Å². The lowest BCUT2D eigenvalue weighted by Crippen LogP contribution is -2.21. The Labute approximate surface area is 73.9 Å². The van der Waals surface area contributed by atoms with E-state index in [4.69, 9.17) is 9.47 Å². The molecule has 1 fully saturated rings. The van der Waals surface area contributed by atoms with Crippen molar-refractivity contribution in [3.05, 3.63) is 24.8 Å². The minimum absolute atomic E-state index is 0.144. The summed E-state index contributed by atoms with van der Waals surface area (Å²) in [5, 5.41) is 0. The molecule has 2 heteroatoms. The van der Waals surface area contributed by atoms with Crippen molar-refractivity contribution in [3.63, 3.8) is 0 Å². The van der Waals surface area contributed by atoms with Crippen LogP contribution in [0.25, 0.3) is 0 Å². The van der Waals surface area contributed by atoms with Crippen LogP contribution in [0.5, 0.6) is 0 Å². The molecule has 0 bridgehead atoms. The summed E-state index contributed by atoms with van der Waals surface area (Å²) in [5.74, 6) is -0.424. The summed E-state index contributed by atoms with van der Waals surface area (Å²) in [6, 6.07) is 0. The molecule has 0 aromatic heterocycles. The topological polar surface area (TPSA) is 18.5 Å². The van der Waals surface area contributed by atoms with Crippen LogP contribution in [-0.2, 0) is 9.47 Å². The van der Waals surface area contributed by atoms with Crippen LogP contribution in [0.2, 0.25) is 0 Å². The highest BCUT2D eigenvalue weighted by molar-refractivity contribution is 5.12. The maximum atomic E-state index is 5.59. The molecule has 1 unspecified atom stereocenters. The van der Waals surface area contributed by atoms with Gasteiger partial charge in [-0.05, 0) is 13.8 Å². The minimum atomic E-state index is -0.424. The smallest absolute Gasteiger partial charge is 0.163 e. The summed E-state index contributed by atoms with van der Waals surface area (Å²) in [4.78, 5) is 0. The van der Waals surface area contributed by atoms with Crippen molar-refractivity contribution in [1.82, 2.24) is 0 Å². The Morgan fingerprint density at radius 2 is 2.33 bits per heavy atom. The Morgan fingerprint density at radius 1 is 1.67 bits per heavy atom. The summed E-state index contributed by atoms with van der Waals surface area (Å²) in [7, 11) is 0. The van der Waals surface area contributed by atoms with Gasteiger partial charge in [-0.25, -0.2) is 0 Å². The molecule has 0 radical (unpaired) electrons. The van der Waals surface area contributed by atoms with Gasteiger partial charge >= 0.3 is 0 Å². The van der Waals surface area contributed by atoms with Crippen molar-refractivity contribution < 1.29 is 9.47 Å². The van der Waals surface area contributed by atoms with Crippen molar-refractivity contribution in [2.75, 3.05) is 6.61 Å². The summed E-state index contributed by atoms with van der Waals surface area (Å²) >= 11 is 0. The van der Waals surface area contributed by atoms with Crippen LogP contribution in [0, 0.1) is 0 Å². The first-order valence-corrected chi connectivity index (χ1v) is 4.15. The van der Waals surface area contributed by atoms with Crippen molar-refractivity contribution in [2.24, 2.45) is 0 Å². The lowest BCUT2D eigenvalue weighted by molar-refractivity contribution is -0.137. The zero-order valence-corrected chi connectivity index (χ0v) is 7.80. The van der Waals surface area contributed by atoms with Crippen molar-refractivity contribution in [3.8, 4) is 0 Å². The molecule has 2 nitrogen and oxygen atoms in total. The highest BCUT2D eigenvalue weighted by Crippen LogP contribution is 2.25. The highest BCUT2D eigenvalue weighted by atomic mass is 16.7. The van der Waals surface area contributed by atoms with Gasteiger partial charge in [0.1, 0.15) is 0 Å². The maximum Gasteiger partial charge on any atom is 0.163 e. The van der Waals surface area contributed by atoms with Gasteiger partial charge < -0.3 is 9.47 Å². The third-order valence-corrected chi connectivity index (χ3v) is 1.85. The number of ether oxygens (including phenoxy) is 2. The minimum Gasteiger partial charge on any atom is -0.348 e. The Bertz CT molecular complexity index is 194. The lowest BCUT2D eigenvalue weighted by Gasteiger charge is -2.16. The molecule has 68 valence electrons. The van der Waals surface area contributed by atoms with E-state index in [1.165, 1.54) is 0 Å². The average molecular weight is 168 g/mol. The molecule has 0 aliphatic carbocycles. The van der Waals surface area contributed by atoms with Crippen LogP contribution < -0.4 is 0 Å². The summed E-state index contributed by atoms with van der Waals surface area (Å²) < 4.78 is 11.0. The molecule has 1 saturated heterocycles. The summed E-state index contributed by atoms with van der Waals surface area (Å²) in [5.41, 5.74) is 1.00. The molecule has 0 amide bonds. The lowest BCUT2D eigenvalue weighted by atomic mass is 10.1. The molecule has 0 spiro atoms. The van der Waals surface area contributed by atoms with E-state index in [-0.39, 0.29) is 6.10 Å². The van der Waals surface area contributed by atoms with Crippen LogP contribution in [0.3, 0.4) is 0 Å². The second-order valence-electron chi connectivity index (χ2n) is 3.52. The monoisotopic (exact) mass is 168 g/mol. The quantitative estimate of drug-likeness (QED) is 0.602. The van der Waals surface area contributed by atoms with Gasteiger partial charge in [0.25, 0.3) is 0 Å². The molecule has 1 heterocycles. The third-order valence-electron chi connectivity index (χ3n) is 1.85. The van der Waals surface area contributed by atoms with Crippen molar-refractivity contribution in [1.29, 1.82) is 0 Å². The van der Waals surface area contributed by atoms with Gasteiger partial charge in [0.2, 0.25) is 0 Å². The van der Waals surface area contributed by atoms with E-state index >= 15 is 0 Å². The highest BCUT2D eigenvalue weighted by Gasteiger charge is 2.32. The molecular formula is C10H16O2. The molecule has 0 aromatic rings. The third kappa shape index (κ3) is 2.47. The second-order valence-corrected chi connectivity index (χ2v) is 3.52. The molecule has 1 aliphatic rings. The van der Waals surface area contributed by atoms with E-state index in [0.29, 0.717) is 6.61 Å². The Kier molecular flexibility index (Phi) is 2.70. The first kappa shape index (κ1) is 9.49. The van der Waals surface area contributed by atoms with E-state index in [9.17, 15) is 0 Å². The molecular weight excluding hydrogens is 152 g/mol. The molecule has 1 rings (SSSR count). The second kappa shape index (κ2) is 3.42. The van der Waals surface area contributed by atoms with E-state index in [2.05, 4.69) is 13.2 Å². The SMILES string of the molecule is C=CC(=C)CC1COC(C)(C)O1. The fraction of sp³-hybridized carbons (Fsp3) is 0.600. The standard InChI is InChI=1S/C10H16O2/c1-5-8(2)6-9-7-11-10(3,4)12-9/h5,9H,1-2,6-7H2,3-4H3. The Hall–Kier alpha value is -0.600. The largest absolute Gasteiger partial charge is 0.348 e. The summed E-state index contributed by atoms with van der Waals surface area (Å²) in [6.07, 6.45) is 2.72. The first-order valence-electron chi connectivity index (χ1n) is 4.15. The predicted octanol–water partition coefficient (Wildman–Crippen LogP) is 2.27. The number of hydrogen-bond donors (Lipinski definition) is 0. The van der Waals surface area contributed by atoms with Crippen LogP contribution in [0.15, 0.2) is 24.8 Å². The van der Waals surface area contributed by atoms with Gasteiger partial charge in [0.05, 0.1) is 12.7 Å². The molecule has 1 atom stereocenters. The van der Waals surface area contributed by atoms with Crippen LogP contribution in [0.4, 0.5) is 0 Å². The fourth-order valence-electron chi connectivity index (χ4n) is 1.24. The Morgan fingerprint density at radius 3 is 2.75 bits per heavy atom. The zero-order valence-electron chi connectivity index (χ0n) is 7.80. The van der Waals surface area contributed by atoms with E-state index in [0.717, 1.165) is 12.0 Å². The molecule has 0 saturated carbocycles. The molecule has 1 aliphatic heterocycles. The van der Waals surface area contributed by atoms with Gasteiger partial charge in [-0.1, -0.05) is 24.8 Å². The predicted molar refractivity (Wildman–Crippen MR) is 48.9 cm³/mol. The average Bonchev–Trinajstić information content (AvgIpc) is 2.30. The summed E-state index contributed by atoms with van der Waals surface area (Å²) in [6.45, 7) is 12.0. The van der Waals surface area contributed by atoms with Gasteiger partial charge in [0, 0.05) is 6.42 Å². The molecule has 12 heavy (non-hydrogen) atoms. The van der Waals surface area contributed by atoms with E-state index in [1.54, 1.807) is 6.08 Å². The number of rotatable bonds is 3. The first-order chi connectivity index (χ1) is 5.53. The number of hydrogen-bond acceptors (Lipinski definition) is 2. The van der Waals surface area contributed by atoms with Crippen LogP contribution in [-0.4, -0.2) is 18.5 Å². The maximum absolute atomic E-state index is 5.59. The number of allylic oxidation sites excluding steroid dienone is 1. The van der Waals surface area contributed by atoms with Gasteiger partial charge in [-0.2, -0.15) is 0 Å². The molecule has 0 aromatic carbocycles. The van der Waals surface area contributed by atoms with Crippen LogP contribution in [0.1, 0.15) is 20.3 Å². The van der Waals surface area contributed by atoms with Gasteiger partial charge in [-0.15, -0.1) is 0 Å². The molecule has 0 N–H and O–H groups in total. The Balaban J connectivity index is 2.38. The van der Waals surface area contributed by atoms with Crippen molar-refractivity contribution >= 4 is 0 Å².